The minimum Gasteiger partial charge on any atom is -0.478 e. The first-order chi connectivity index (χ1) is 10.1. The molecule has 1 saturated heterocycles. The molecule has 1 amide bonds. The molecule has 5 nitrogen and oxygen atoms in total. The van der Waals surface area contributed by atoms with Crippen molar-refractivity contribution in [2.75, 3.05) is 13.6 Å². The Kier molecular flexibility index (Phi) is 5.11. The molecule has 1 aliphatic heterocycles. The molecule has 1 aromatic carbocycles. The number of carboxylic acid groups (broad SMARTS) is 1. The summed E-state index contributed by atoms with van der Waals surface area (Å²) in [5.74, 6) is -0.894. The largest absolute Gasteiger partial charge is 0.478 e. The van der Waals surface area contributed by atoms with Gasteiger partial charge in [0, 0.05) is 19.7 Å². The van der Waals surface area contributed by atoms with Gasteiger partial charge in [0.15, 0.2) is 0 Å². The Hall–Kier alpha value is -2.14. The van der Waals surface area contributed by atoms with Crippen LogP contribution in [0.15, 0.2) is 30.3 Å². The zero-order valence-electron chi connectivity index (χ0n) is 12.1. The number of likely N-dealkylation sites (N-methyl/N-ethyl adjacent to an activating group) is 1. The van der Waals surface area contributed by atoms with Crippen molar-refractivity contribution < 1.29 is 14.7 Å². The normalized spacial score (nSPS) is 19.0. The lowest BCUT2D eigenvalue weighted by molar-refractivity contribution is -0.131. The molecule has 2 rings (SSSR count). The summed E-state index contributed by atoms with van der Waals surface area (Å²) in [5, 5.41) is 11.4. The summed E-state index contributed by atoms with van der Waals surface area (Å²) in [6.45, 7) is 1.61. The second-order valence-corrected chi connectivity index (χ2v) is 5.16. The molecule has 1 unspecified atom stereocenters. The van der Waals surface area contributed by atoms with Gasteiger partial charge in [0.05, 0.1) is 6.04 Å². The molecular weight excluding hydrogens is 268 g/mol. The molecule has 0 aliphatic carbocycles. The zero-order chi connectivity index (χ0) is 15.2. The molecular formula is C16H20N2O3. The van der Waals surface area contributed by atoms with Crippen molar-refractivity contribution in [2.24, 2.45) is 0 Å². The summed E-state index contributed by atoms with van der Waals surface area (Å²) in [6, 6.07) is 7.66. The maximum Gasteiger partial charge on any atom is 0.328 e. The topological polar surface area (TPSA) is 69.6 Å². The van der Waals surface area contributed by atoms with Crippen molar-refractivity contribution in [2.45, 2.75) is 25.4 Å². The summed E-state index contributed by atoms with van der Waals surface area (Å²) in [5.41, 5.74) is 1.93. The number of carbonyl (C=O) groups excluding carboxylic acids is 1. The summed E-state index contributed by atoms with van der Waals surface area (Å²) in [4.78, 5) is 24.5. The Labute approximate surface area is 124 Å². The summed E-state index contributed by atoms with van der Waals surface area (Å²) in [6.07, 6.45) is 4.61. The van der Waals surface area contributed by atoms with Gasteiger partial charge in [-0.25, -0.2) is 4.79 Å². The third kappa shape index (κ3) is 4.16. The Morgan fingerprint density at radius 1 is 1.48 bits per heavy atom. The van der Waals surface area contributed by atoms with Crippen LogP contribution in [0.2, 0.25) is 0 Å². The molecule has 0 saturated carbocycles. The highest BCUT2D eigenvalue weighted by Crippen LogP contribution is 2.20. The van der Waals surface area contributed by atoms with Gasteiger partial charge in [0.2, 0.25) is 5.91 Å². The van der Waals surface area contributed by atoms with Crippen LogP contribution >= 0.6 is 0 Å². The summed E-state index contributed by atoms with van der Waals surface area (Å²) in [7, 11) is 1.66. The van der Waals surface area contributed by atoms with Gasteiger partial charge in [-0.15, -0.1) is 0 Å². The van der Waals surface area contributed by atoms with Crippen LogP contribution in [-0.2, 0) is 16.1 Å². The lowest BCUT2D eigenvalue weighted by atomic mass is 10.1. The monoisotopic (exact) mass is 288 g/mol. The lowest BCUT2D eigenvalue weighted by Gasteiger charge is -2.23. The number of hydrogen-bond acceptors (Lipinski definition) is 3. The highest BCUT2D eigenvalue weighted by Gasteiger charge is 2.29. The first kappa shape index (κ1) is 15.3. The van der Waals surface area contributed by atoms with Gasteiger partial charge in [0.1, 0.15) is 0 Å². The highest BCUT2D eigenvalue weighted by atomic mass is 16.4. The molecule has 5 heteroatoms. The van der Waals surface area contributed by atoms with Crippen molar-refractivity contribution in [3.05, 3.63) is 41.5 Å². The van der Waals surface area contributed by atoms with Crippen LogP contribution < -0.4 is 5.32 Å². The van der Waals surface area contributed by atoms with E-state index in [-0.39, 0.29) is 11.9 Å². The van der Waals surface area contributed by atoms with E-state index in [1.807, 2.05) is 24.3 Å². The fourth-order valence-corrected chi connectivity index (χ4v) is 2.68. The molecule has 2 N–H and O–H groups in total. The minimum atomic E-state index is -0.959. The number of carbonyl (C=O) groups is 2. The zero-order valence-corrected chi connectivity index (χ0v) is 12.1. The van der Waals surface area contributed by atoms with E-state index in [9.17, 15) is 9.59 Å². The summed E-state index contributed by atoms with van der Waals surface area (Å²) < 4.78 is 0. The first-order valence-electron chi connectivity index (χ1n) is 7.06. The Morgan fingerprint density at radius 3 is 3.00 bits per heavy atom. The van der Waals surface area contributed by atoms with Gasteiger partial charge in [-0.3, -0.25) is 9.69 Å². The van der Waals surface area contributed by atoms with Crippen LogP contribution in [0.3, 0.4) is 0 Å². The van der Waals surface area contributed by atoms with Gasteiger partial charge in [-0.05, 0) is 36.6 Å². The van der Waals surface area contributed by atoms with Crippen LogP contribution in [0.25, 0.3) is 6.08 Å². The van der Waals surface area contributed by atoms with Crippen LogP contribution in [-0.4, -0.2) is 41.5 Å². The van der Waals surface area contributed by atoms with E-state index in [0.717, 1.165) is 36.6 Å². The van der Waals surface area contributed by atoms with E-state index in [0.29, 0.717) is 6.54 Å². The smallest absolute Gasteiger partial charge is 0.328 e. The third-order valence-electron chi connectivity index (χ3n) is 3.67. The molecule has 1 aromatic rings. The molecule has 112 valence electrons. The van der Waals surface area contributed by atoms with Gasteiger partial charge in [-0.2, -0.15) is 0 Å². The Balaban J connectivity index is 2.07. The second kappa shape index (κ2) is 7.04. The molecule has 0 radical (unpaired) electrons. The van der Waals surface area contributed by atoms with Gasteiger partial charge >= 0.3 is 5.97 Å². The van der Waals surface area contributed by atoms with E-state index in [1.165, 1.54) is 0 Å². The highest BCUT2D eigenvalue weighted by molar-refractivity contribution is 5.85. The fraction of sp³-hybridized carbons (Fsp3) is 0.375. The maximum atomic E-state index is 11.8. The number of likely N-dealkylation sites (tertiary alicyclic amines) is 1. The van der Waals surface area contributed by atoms with Crippen molar-refractivity contribution in [1.29, 1.82) is 0 Å². The second-order valence-electron chi connectivity index (χ2n) is 5.16. The number of hydrogen-bond donors (Lipinski definition) is 2. The quantitative estimate of drug-likeness (QED) is 0.806. The van der Waals surface area contributed by atoms with E-state index in [2.05, 4.69) is 10.2 Å². The number of carboxylic acids is 1. The number of rotatable bonds is 5. The average Bonchev–Trinajstić information content (AvgIpc) is 2.93. The molecule has 0 bridgehead atoms. The SMILES string of the molecule is CNC(=O)C1CCCN1Cc1cccc(C=CC(=O)O)c1. The molecule has 1 heterocycles. The molecule has 1 fully saturated rings. The fourth-order valence-electron chi connectivity index (χ4n) is 2.68. The van der Waals surface area contributed by atoms with Crippen LogP contribution in [0.5, 0.6) is 0 Å². The Bertz CT molecular complexity index is 554. The van der Waals surface area contributed by atoms with Gasteiger partial charge in [0.25, 0.3) is 0 Å². The van der Waals surface area contributed by atoms with Crippen LogP contribution in [0.1, 0.15) is 24.0 Å². The number of aliphatic carboxylic acids is 1. The maximum absolute atomic E-state index is 11.8. The van der Waals surface area contributed by atoms with Crippen molar-refractivity contribution in [3.63, 3.8) is 0 Å². The Morgan fingerprint density at radius 2 is 2.29 bits per heavy atom. The van der Waals surface area contributed by atoms with Gasteiger partial charge in [-0.1, -0.05) is 24.3 Å². The molecule has 0 aromatic heterocycles. The lowest BCUT2D eigenvalue weighted by Crippen LogP contribution is -2.41. The van der Waals surface area contributed by atoms with Crippen LogP contribution in [0, 0.1) is 0 Å². The number of benzene rings is 1. The number of amides is 1. The standard InChI is InChI=1S/C16H20N2O3/c1-17-16(21)14-6-3-9-18(14)11-13-5-2-4-12(10-13)7-8-15(19)20/h2,4-5,7-8,10,14H,3,6,9,11H2,1H3,(H,17,21)(H,19,20). The van der Waals surface area contributed by atoms with Crippen molar-refractivity contribution in [1.82, 2.24) is 10.2 Å². The molecule has 1 atom stereocenters. The first-order valence-corrected chi connectivity index (χ1v) is 7.06. The van der Waals surface area contributed by atoms with Crippen molar-refractivity contribution in [3.8, 4) is 0 Å². The summed E-state index contributed by atoms with van der Waals surface area (Å²) >= 11 is 0. The molecule has 1 aliphatic rings. The van der Waals surface area contributed by atoms with E-state index >= 15 is 0 Å². The van der Waals surface area contributed by atoms with Crippen molar-refractivity contribution >= 4 is 18.0 Å². The predicted molar refractivity (Wildman–Crippen MR) is 80.6 cm³/mol. The van der Waals surface area contributed by atoms with E-state index < -0.39 is 5.97 Å². The third-order valence-corrected chi connectivity index (χ3v) is 3.67. The average molecular weight is 288 g/mol. The van der Waals surface area contributed by atoms with Crippen LogP contribution in [0.4, 0.5) is 0 Å². The van der Waals surface area contributed by atoms with E-state index in [4.69, 9.17) is 5.11 Å². The van der Waals surface area contributed by atoms with E-state index in [1.54, 1.807) is 13.1 Å². The molecule has 21 heavy (non-hydrogen) atoms. The molecule has 0 spiro atoms. The number of nitrogens with zero attached hydrogens (tertiary/aromatic N) is 1. The number of nitrogens with one attached hydrogen (secondary N) is 1. The minimum absolute atomic E-state index is 0.0618. The predicted octanol–water partition coefficient (Wildman–Crippen LogP) is 1.49. The van der Waals surface area contributed by atoms with Gasteiger partial charge < -0.3 is 10.4 Å².